The predicted molar refractivity (Wildman–Crippen MR) is 74.8 cm³/mol. The molecule has 0 rings (SSSR count). The molecular weight excluding hydrogens is 214 g/mol. The van der Waals surface area contributed by atoms with Gasteiger partial charge in [0.1, 0.15) is 0 Å². The number of hydrazine groups is 1. The van der Waals surface area contributed by atoms with Crippen molar-refractivity contribution in [1.82, 2.24) is 15.6 Å². The van der Waals surface area contributed by atoms with Crippen molar-refractivity contribution in [2.45, 2.75) is 40.7 Å². The van der Waals surface area contributed by atoms with Crippen molar-refractivity contribution in [3.63, 3.8) is 0 Å². The molecule has 0 aliphatic rings. The number of hydrogen-bond acceptors (Lipinski definition) is 3. The van der Waals surface area contributed by atoms with Gasteiger partial charge in [0, 0.05) is 19.1 Å². The van der Waals surface area contributed by atoms with E-state index in [0.717, 1.165) is 26.2 Å². The third-order valence-corrected chi connectivity index (χ3v) is 2.56. The van der Waals surface area contributed by atoms with Crippen LogP contribution in [0.25, 0.3) is 0 Å². The Hall–Kier alpha value is -0.810. The molecular formula is C12H29N5. The molecule has 0 aliphatic carbocycles. The zero-order valence-electron chi connectivity index (χ0n) is 12.0. The highest BCUT2D eigenvalue weighted by Gasteiger charge is 2.08. The Balaban J connectivity index is 4.13. The van der Waals surface area contributed by atoms with Crippen LogP contribution >= 0.6 is 0 Å². The van der Waals surface area contributed by atoms with Gasteiger partial charge in [-0.25, -0.2) is 5.84 Å². The fourth-order valence-electron chi connectivity index (χ4n) is 1.55. The molecule has 0 saturated carbocycles. The first-order chi connectivity index (χ1) is 8.03. The van der Waals surface area contributed by atoms with Crippen LogP contribution in [0, 0.1) is 5.92 Å². The third kappa shape index (κ3) is 7.99. The van der Waals surface area contributed by atoms with Gasteiger partial charge in [0.2, 0.25) is 5.96 Å². The zero-order chi connectivity index (χ0) is 13.3. The van der Waals surface area contributed by atoms with Crippen molar-refractivity contribution in [3.05, 3.63) is 0 Å². The van der Waals surface area contributed by atoms with E-state index in [-0.39, 0.29) is 0 Å². The van der Waals surface area contributed by atoms with Gasteiger partial charge in [-0.05, 0) is 25.9 Å². The van der Waals surface area contributed by atoms with Crippen LogP contribution in [0.15, 0.2) is 4.99 Å². The molecule has 0 bridgehead atoms. The molecule has 0 aromatic carbocycles. The van der Waals surface area contributed by atoms with E-state index < -0.39 is 0 Å². The third-order valence-electron chi connectivity index (χ3n) is 2.56. The average Bonchev–Trinajstić information content (AvgIpc) is 2.31. The highest BCUT2D eigenvalue weighted by Crippen LogP contribution is 1.93. The topological polar surface area (TPSA) is 65.7 Å². The van der Waals surface area contributed by atoms with Crippen LogP contribution in [0.4, 0.5) is 0 Å². The molecule has 0 aromatic rings. The summed E-state index contributed by atoms with van der Waals surface area (Å²) in [6, 6.07) is 0.330. The SMILES string of the molecule is CCN(CC)CC(C)NC(=NCC(C)C)NN. The highest BCUT2D eigenvalue weighted by molar-refractivity contribution is 5.79. The van der Waals surface area contributed by atoms with E-state index in [1.807, 2.05) is 0 Å². The van der Waals surface area contributed by atoms with Gasteiger partial charge in [-0.3, -0.25) is 10.4 Å². The number of rotatable bonds is 7. The molecule has 17 heavy (non-hydrogen) atoms. The predicted octanol–water partition coefficient (Wildman–Crippen LogP) is 0.782. The van der Waals surface area contributed by atoms with E-state index in [9.17, 15) is 0 Å². The maximum Gasteiger partial charge on any atom is 0.205 e. The average molecular weight is 243 g/mol. The standard InChI is InChI=1S/C12H29N5/c1-6-17(7-2)9-11(5)15-12(16-13)14-8-10(3)4/h10-11H,6-9,13H2,1-5H3,(H2,14,15,16). The molecule has 0 spiro atoms. The van der Waals surface area contributed by atoms with E-state index in [2.05, 4.69) is 55.3 Å². The minimum absolute atomic E-state index is 0.330. The number of hydrogen-bond donors (Lipinski definition) is 3. The highest BCUT2D eigenvalue weighted by atomic mass is 15.3. The summed E-state index contributed by atoms with van der Waals surface area (Å²) < 4.78 is 0. The minimum Gasteiger partial charge on any atom is -0.352 e. The molecule has 0 fully saturated rings. The van der Waals surface area contributed by atoms with Crippen LogP contribution in [0.5, 0.6) is 0 Å². The summed E-state index contributed by atoms with van der Waals surface area (Å²) in [5.41, 5.74) is 2.62. The Morgan fingerprint density at radius 3 is 2.24 bits per heavy atom. The minimum atomic E-state index is 0.330. The quantitative estimate of drug-likeness (QED) is 0.268. The van der Waals surface area contributed by atoms with Gasteiger partial charge in [-0.2, -0.15) is 0 Å². The van der Waals surface area contributed by atoms with Gasteiger partial charge in [0.25, 0.3) is 0 Å². The second-order valence-corrected chi connectivity index (χ2v) is 4.76. The number of nitrogens with two attached hydrogens (primary N) is 1. The second-order valence-electron chi connectivity index (χ2n) is 4.76. The van der Waals surface area contributed by atoms with Crippen LogP contribution in [-0.4, -0.2) is 43.1 Å². The normalized spacial score (nSPS) is 14.2. The Morgan fingerprint density at radius 1 is 1.24 bits per heavy atom. The maximum atomic E-state index is 5.45. The summed E-state index contributed by atoms with van der Waals surface area (Å²) in [6.45, 7) is 14.7. The Kier molecular flexibility index (Phi) is 8.80. The number of aliphatic imine (C=N–C) groups is 1. The number of nitrogens with zero attached hydrogens (tertiary/aromatic N) is 2. The van der Waals surface area contributed by atoms with Gasteiger partial charge >= 0.3 is 0 Å². The molecule has 4 N–H and O–H groups in total. The molecule has 5 heteroatoms. The summed E-state index contributed by atoms with van der Waals surface area (Å²) >= 11 is 0. The van der Waals surface area contributed by atoms with Gasteiger partial charge < -0.3 is 10.2 Å². The Bertz CT molecular complexity index is 211. The summed E-state index contributed by atoms with van der Waals surface area (Å²) in [7, 11) is 0. The van der Waals surface area contributed by atoms with Gasteiger partial charge in [-0.15, -0.1) is 0 Å². The molecule has 102 valence electrons. The van der Waals surface area contributed by atoms with Gasteiger partial charge in [-0.1, -0.05) is 27.7 Å². The zero-order valence-corrected chi connectivity index (χ0v) is 12.0. The molecule has 5 nitrogen and oxygen atoms in total. The lowest BCUT2D eigenvalue weighted by molar-refractivity contribution is 0.281. The fourth-order valence-corrected chi connectivity index (χ4v) is 1.55. The van der Waals surface area contributed by atoms with Crippen molar-refractivity contribution >= 4 is 5.96 Å². The summed E-state index contributed by atoms with van der Waals surface area (Å²) in [5.74, 6) is 6.67. The fraction of sp³-hybridized carbons (Fsp3) is 0.917. The van der Waals surface area contributed by atoms with E-state index in [1.54, 1.807) is 0 Å². The first-order valence-corrected chi connectivity index (χ1v) is 6.53. The van der Waals surface area contributed by atoms with Crippen LogP contribution in [-0.2, 0) is 0 Å². The van der Waals surface area contributed by atoms with E-state index >= 15 is 0 Å². The molecule has 1 atom stereocenters. The summed E-state index contributed by atoms with van der Waals surface area (Å²) in [4.78, 5) is 6.76. The number of nitrogens with one attached hydrogen (secondary N) is 2. The Morgan fingerprint density at radius 2 is 1.82 bits per heavy atom. The van der Waals surface area contributed by atoms with Crippen molar-refractivity contribution < 1.29 is 0 Å². The molecule has 0 radical (unpaired) electrons. The van der Waals surface area contributed by atoms with Crippen LogP contribution in [0.3, 0.4) is 0 Å². The monoisotopic (exact) mass is 243 g/mol. The lowest BCUT2D eigenvalue weighted by atomic mass is 10.2. The molecule has 1 unspecified atom stereocenters. The maximum absolute atomic E-state index is 5.45. The molecule has 0 heterocycles. The second kappa shape index (κ2) is 9.24. The summed E-state index contributed by atoms with van der Waals surface area (Å²) in [6.07, 6.45) is 0. The van der Waals surface area contributed by atoms with E-state index in [0.29, 0.717) is 17.9 Å². The molecule has 0 amide bonds. The van der Waals surface area contributed by atoms with Crippen molar-refractivity contribution in [3.8, 4) is 0 Å². The lowest BCUT2D eigenvalue weighted by Crippen LogP contribution is -2.49. The van der Waals surface area contributed by atoms with Crippen molar-refractivity contribution in [1.29, 1.82) is 0 Å². The first kappa shape index (κ1) is 16.2. The van der Waals surface area contributed by atoms with Gasteiger partial charge in [0.15, 0.2) is 0 Å². The van der Waals surface area contributed by atoms with Crippen molar-refractivity contribution in [2.24, 2.45) is 16.8 Å². The number of likely N-dealkylation sites (N-methyl/N-ethyl adjacent to an activating group) is 1. The van der Waals surface area contributed by atoms with Gasteiger partial charge in [0.05, 0.1) is 0 Å². The Labute approximate surface area is 106 Å². The van der Waals surface area contributed by atoms with Crippen molar-refractivity contribution in [2.75, 3.05) is 26.2 Å². The summed E-state index contributed by atoms with van der Waals surface area (Å²) in [5, 5.41) is 3.29. The number of guanidine groups is 1. The first-order valence-electron chi connectivity index (χ1n) is 6.53. The van der Waals surface area contributed by atoms with Crippen LogP contribution in [0.2, 0.25) is 0 Å². The van der Waals surface area contributed by atoms with Crippen LogP contribution < -0.4 is 16.6 Å². The van der Waals surface area contributed by atoms with E-state index in [1.165, 1.54) is 0 Å². The van der Waals surface area contributed by atoms with Crippen LogP contribution in [0.1, 0.15) is 34.6 Å². The lowest BCUT2D eigenvalue weighted by Gasteiger charge is -2.24. The molecule has 0 aromatic heterocycles. The molecule has 0 saturated heterocycles. The smallest absolute Gasteiger partial charge is 0.205 e. The van der Waals surface area contributed by atoms with E-state index in [4.69, 9.17) is 5.84 Å². The largest absolute Gasteiger partial charge is 0.352 e. The molecule has 0 aliphatic heterocycles.